The molecular weight excluding hydrogens is 242 g/mol. The number of hydrogen-bond donors (Lipinski definition) is 1. The lowest BCUT2D eigenvalue weighted by Crippen LogP contribution is -2.21. The number of benzene rings is 1. The molecule has 88 valence electrons. The highest BCUT2D eigenvalue weighted by Crippen LogP contribution is 2.41. The van der Waals surface area contributed by atoms with Crippen molar-refractivity contribution in [2.75, 3.05) is 19.8 Å². The largest absolute Gasteiger partial charge is 0.486 e. The van der Waals surface area contributed by atoms with Crippen molar-refractivity contribution >= 4 is 11.6 Å². The quantitative estimate of drug-likeness (QED) is 0.875. The summed E-state index contributed by atoms with van der Waals surface area (Å²) in [4.78, 5) is 0. The van der Waals surface area contributed by atoms with Gasteiger partial charge in [0.15, 0.2) is 11.5 Å². The average molecular weight is 251 g/mol. The molecule has 1 heterocycles. The summed E-state index contributed by atoms with van der Waals surface area (Å²) in [6.45, 7) is -0.635. The van der Waals surface area contributed by atoms with Crippen LogP contribution in [-0.4, -0.2) is 24.9 Å². The Bertz CT molecular complexity index is 409. The van der Waals surface area contributed by atoms with Crippen LogP contribution in [0, 0.1) is 0 Å². The molecule has 2 rings (SSSR count). The molecule has 0 amide bonds. The van der Waals surface area contributed by atoms with Gasteiger partial charge in [0, 0.05) is 11.6 Å². The third-order valence-corrected chi connectivity index (χ3v) is 2.54. The molecular formula is C10H9ClF2O3. The molecule has 1 aromatic carbocycles. The van der Waals surface area contributed by atoms with Crippen LogP contribution in [0.2, 0.25) is 5.02 Å². The third kappa shape index (κ3) is 1.92. The highest BCUT2D eigenvalue weighted by atomic mass is 35.5. The summed E-state index contributed by atoms with van der Waals surface area (Å²) < 4.78 is 36.9. The van der Waals surface area contributed by atoms with Crippen LogP contribution < -0.4 is 9.47 Å². The molecule has 0 aromatic heterocycles. The van der Waals surface area contributed by atoms with Crippen molar-refractivity contribution < 1.29 is 23.4 Å². The first-order valence-electron chi connectivity index (χ1n) is 4.63. The topological polar surface area (TPSA) is 38.7 Å². The van der Waals surface area contributed by atoms with E-state index in [1.807, 2.05) is 0 Å². The standard InChI is InChI=1S/C10H9ClF2O3/c11-7-4-9-8(15-1-2-16-9)3-6(7)10(12,13)5-14/h3-4,14H,1-2,5H2. The number of ether oxygens (including phenoxy) is 2. The van der Waals surface area contributed by atoms with Crippen molar-refractivity contribution in [3.63, 3.8) is 0 Å². The number of aliphatic hydroxyl groups excluding tert-OH is 1. The van der Waals surface area contributed by atoms with Crippen molar-refractivity contribution in [3.05, 3.63) is 22.7 Å². The van der Waals surface area contributed by atoms with E-state index in [2.05, 4.69) is 0 Å². The Morgan fingerprint density at radius 3 is 2.38 bits per heavy atom. The molecule has 0 atom stereocenters. The van der Waals surface area contributed by atoms with Gasteiger partial charge in [-0.15, -0.1) is 0 Å². The highest BCUT2D eigenvalue weighted by molar-refractivity contribution is 6.31. The second-order valence-electron chi connectivity index (χ2n) is 3.34. The Labute approximate surface area is 95.5 Å². The fourth-order valence-electron chi connectivity index (χ4n) is 1.43. The van der Waals surface area contributed by atoms with Crippen LogP contribution in [0.25, 0.3) is 0 Å². The lowest BCUT2D eigenvalue weighted by Gasteiger charge is -2.22. The van der Waals surface area contributed by atoms with Crippen molar-refractivity contribution in [1.82, 2.24) is 0 Å². The molecule has 3 nitrogen and oxygen atoms in total. The van der Waals surface area contributed by atoms with E-state index >= 15 is 0 Å². The zero-order valence-electron chi connectivity index (χ0n) is 8.17. The normalized spacial score (nSPS) is 15.0. The Morgan fingerprint density at radius 2 is 1.81 bits per heavy atom. The van der Waals surface area contributed by atoms with Crippen LogP contribution in [0.5, 0.6) is 11.5 Å². The van der Waals surface area contributed by atoms with Crippen LogP contribution in [0.4, 0.5) is 8.78 Å². The van der Waals surface area contributed by atoms with Gasteiger partial charge in [0.05, 0.1) is 5.02 Å². The minimum absolute atomic E-state index is 0.150. The Balaban J connectivity index is 2.47. The molecule has 0 spiro atoms. The summed E-state index contributed by atoms with van der Waals surface area (Å²) >= 11 is 5.70. The zero-order valence-corrected chi connectivity index (χ0v) is 8.93. The summed E-state index contributed by atoms with van der Waals surface area (Å²) in [7, 11) is 0. The molecule has 0 bridgehead atoms. The summed E-state index contributed by atoms with van der Waals surface area (Å²) in [6.07, 6.45) is 0. The zero-order chi connectivity index (χ0) is 11.8. The molecule has 0 saturated heterocycles. The highest BCUT2D eigenvalue weighted by Gasteiger charge is 2.34. The van der Waals surface area contributed by atoms with E-state index in [0.717, 1.165) is 6.07 Å². The Kier molecular flexibility index (Phi) is 2.90. The summed E-state index contributed by atoms with van der Waals surface area (Å²) in [5, 5.41) is 8.45. The van der Waals surface area contributed by atoms with Gasteiger partial charge in [0.1, 0.15) is 19.8 Å². The maximum atomic E-state index is 13.3. The van der Waals surface area contributed by atoms with Crippen LogP contribution in [0.15, 0.2) is 12.1 Å². The van der Waals surface area contributed by atoms with Gasteiger partial charge >= 0.3 is 0 Å². The summed E-state index contributed by atoms with van der Waals surface area (Å²) in [5.41, 5.74) is -0.457. The predicted molar refractivity (Wildman–Crippen MR) is 53.4 cm³/mol. The van der Waals surface area contributed by atoms with Crippen LogP contribution >= 0.6 is 11.6 Å². The molecule has 1 N–H and O–H groups in total. The van der Waals surface area contributed by atoms with E-state index in [9.17, 15) is 8.78 Å². The second kappa shape index (κ2) is 4.07. The minimum Gasteiger partial charge on any atom is -0.486 e. The van der Waals surface area contributed by atoms with E-state index in [1.54, 1.807) is 0 Å². The summed E-state index contributed by atoms with van der Waals surface area (Å²) in [5.74, 6) is -2.82. The smallest absolute Gasteiger partial charge is 0.297 e. The van der Waals surface area contributed by atoms with Gasteiger partial charge in [-0.2, -0.15) is 8.78 Å². The molecule has 0 unspecified atom stereocenters. The first-order valence-corrected chi connectivity index (χ1v) is 5.00. The first kappa shape index (κ1) is 11.4. The molecule has 6 heteroatoms. The monoisotopic (exact) mass is 250 g/mol. The van der Waals surface area contributed by atoms with Gasteiger partial charge in [-0.05, 0) is 6.07 Å². The van der Waals surface area contributed by atoms with E-state index < -0.39 is 18.1 Å². The minimum atomic E-state index is -3.38. The van der Waals surface area contributed by atoms with E-state index in [0.29, 0.717) is 19.0 Å². The molecule has 0 radical (unpaired) electrons. The number of halogens is 3. The van der Waals surface area contributed by atoms with Crippen molar-refractivity contribution in [2.24, 2.45) is 0 Å². The van der Waals surface area contributed by atoms with Gasteiger partial charge in [-0.1, -0.05) is 11.6 Å². The van der Waals surface area contributed by atoms with E-state index in [4.69, 9.17) is 26.2 Å². The number of fused-ring (bicyclic) bond motifs is 1. The third-order valence-electron chi connectivity index (χ3n) is 2.22. The maximum absolute atomic E-state index is 13.3. The lowest BCUT2D eigenvalue weighted by atomic mass is 10.1. The number of hydrogen-bond acceptors (Lipinski definition) is 3. The second-order valence-corrected chi connectivity index (χ2v) is 3.75. The maximum Gasteiger partial charge on any atom is 0.297 e. The Morgan fingerprint density at radius 1 is 1.25 bits per heavy atom. The van der Waals surface area contributed by atoms with Crippen LogP contribution in [-0.2, 0) is 5.92 Å². The molecule has 0 aliphatic carbocycles. The fraction of sp³-hybridized carbons (Fsp3) is 0.400. The Hall–Kier alpha value is -1.07. The number of alkyl halides is 2. The van der Waals surface area contributed by atoms with Crippen LogP contribution in [0.1, 0.15) is 5.56 Å². The molecule has 0 fully saturated rings. The van der Waals surface area contributed by atoms with Gasteiger partial charge < -0.3 is 14.6 Å². The van der Waals surface area contributed by atoms with Crippen molar-refractivity contribution in [2.45, 2.75) is 5.92 Å². The van der Waals surface area contributed by atoms with Gasteiger partial charge in [0.2, 0.25) is 0 Å². The van der Waals surface area contributed by atoms with Crippen molar-refractivity contribution in [3.8, 4) is 11.5 Å². The molecule has 0 saturated carbocycles. The van der Waals surface area contributed by atoms with E-state index in [-0.39, 0.29) is 10.8 Å². The van der Waals surface area contributed by atoms with Crippen molar-refractivity contribution in [1.29, 1.82) is 0 Å². The molecule has 1 aliphatic heterocycles. The molecule has 16 heavy (non-hydrogen) atoms. The van der Waals surface area contributed by atoms with Gasteiger partial charge in [0.25, 0.3) is 5.92 Å². The fourth-order valence-corrected chi connectivity index (χ4v) is 1.72. The molecule has 1 aromatic rings. The van der Waals surface area contributed by atoms with E-state index in [1.165, 1.54) is 6.07 Å². The first-order chi connectivity index (χ1) is 7.54. The number of aliphatic hydroxyl groups is 1. The van der Waals surface area contributed by atoms with Gasteiger partial charge in [-0.3, -0.25) is 0 Å². The predicted octanol–water partition coefficient (Wildman–Crippen LogP) is 2.20. The number of rotatable bonds is 2. The lowest BCUT2D eigenvalue weighted by molar-refractivity contribution is -0.0557. The van der Waals surface area contributed by atoms with Gasteiger partial charge in [-0.25, -0.2) is 0 Å². The SMILES string of the molecule is OCC(F)(F)c1cc2c(cc1Cl)OCCO2. The molecule has 1 aliphatic rings. The summed E-state index contributed by atoms with van der Waals surface area (Å²) in [6, 6.07) is 2.38. The average Bonchev–Trinajstić information content (AvgIpc) is 2.28. The van der Waals surface area contributed by atoms with Crippen LogP contribution in [0.3, 0.4) is 0 Å².